The third kappa shape index (κ3) is 3.61. The van der Waals surface area contributed by atoms with Gasteiger partial charge in [-0.2, -0.15) is 0 Å². The zero-order valence-electron chi connectivity index (χ0n) is 11.1. The van der Waals surface area contributed by atoms with Gasteiger partial charge in [0.25, 0.3) is 0 Å². The van der Waals surface area contributed by atoms with E-state index in [9.17, 15) is 4.79 Å². The Balaban J connectivity index is 2.80. The average Bonchev–Trinajstić information content (AvgIpc) is 2.38. The third-order valence-electron chi connectivity index (χ3n) is 3.03. The summed E-state index contributed by atoms with van der Waals surface area (Å²) in [6.07, 6.45) is 0. The zero-order valence-corrected chi connectivity index (χ0v) is 11.9. The van der Waals surface area contributed by atoms with Gasteiger partial charge in [0, 0.05) is 5.02 Å². The first kappa shape index (κ1) is 15.3. The Bertz CT molecular complexity index is 483. The van der Waals surface area contributed by atoms with E-state index in [1.54, 1.807) is 26.0 Å². The minimum absolute atomic E-state index is 0.131. The van der Waals surface area contributed by atoms with Crippen molar-refractivity contribution in [2.75, 3.05) is 0 Å². The topological polar surface area (TPSA) is 87.7 Å². The highest BCUT2D eigenvalue weighted by atomic mass is 35.5. The van der Waals surface area contributed by atoms with Crippen LogP contribution in [0.15, 0.2) is 29.4 Å². The van der Waals surface area contributed by atoms with Crippen molar-refractivity contribution < 1.29 is 10.0 Å². The molecule has 104 valence electrons. The zero-order chi connectivity index (χ0) is 14.6. The van der Waals surface area contributed by atoms with Crippen LogP contribution in [0.2, 0.25) is 5.02 Å². The normalized spacial score (nSPS) is 14.0. The number of nitrogens with zero attached hydrogens (tertiary/aromatic N) is 1. The Hall–Kier alpha value is -1.75. The summed E-state index contributed by atoms with van der Waals surface area (Å²) < 4.78 is 0. The van der Waals surface area contributed by atoms with Crippen molar-refractivity contribution in [3.63, 3.8) is 0 Å². The fourth-order valence-electron chi connectivity index (χ4n) is 1.45. The predicted octanol–water partition coefficient (Wildman–Crippen LogP) is 2.29. The Morgan fingerprint density at radius 2 is 1.95 bits per heavy atom. The van der Waals surface area contributed by atoms with E-state index in [4.69, 9.17) is 22.5 Å². The molecule has 0 aromatic heterocycles. The number of carbonyl (C=O) groups is 1. The number of carbonyl (C=O) groups excluding carboxylic acids is 1. The number of halogens is 1. The highest BCUT2D eigenvalue weighted by Crippen LogP contribution is 2.20. The van der Waals surface area contributed by atoms with E-state index >= 15 is 0 Å². The summed E-state index contributed by atoms with van der Waals surface area (Å²) in [6.45, 7) is 5.03. The van der Waals surface area contributed by atoms with Gasteiger partial charge in [0.2, 0.25) is 5.91 Å². The lowest BCUT2D eigenvalue weighted by Gasteiger charge is -2.24. The number of benzene rings is 1. The van der Waals surface area contributed by atoms with Crippen LogP contribution in [0.25, 0.3) is 0 Å². The number of rotatable bonds is 4. The quantitative estimate of drug-likeness (QED) is 0.343. The molecule has 0 aliphatic rings. The van der Waals surface area contributed by atoms with Gasteiger partial charge in [0.05, 0.1) is 6.04 Å². The fraction of sp³-hybridized carbons (Fsp3) is 0.385. The molecule has 0 aliphatic carbocycles. The Labute approximate surface area is 117 Å². The summed E-state index contributed by atoms with van der Waals surface area (Å²) in [4.78, 5) is 12.1. The van der Waals surface area contributed by atoms with Gasteiger partial charge in [-0.1, -0.05) is 28.9 Å². The molecule has 4 N–H and O–H groups in total. The molecular weight excluding hydrogens is 266 g/mol. The molecule has 1 amide bonds. The third-order valence-corrected chi connectivity index (χ3v) is 3.29. The van der Waals surface area contributed by atoms with Crippen molar-refractivity contribution in [1.82, 2.24) is 5.32 Å². The van der Waals surface area contributed by atoms with Crippen molar-refractivity contribution in [1.29, 1.82) is 0 Å². The highest BCUT2D eigenvalue weighted by molar-refractivity contribution is 6.30. The van der Waals surface area contributed by atoms with Gasteiger partial charge in [-0.3, -0.25) is 4.79 Å². The minimum atomic E-state index is -1.07. The number of nitrogens with two attached hydrogens (primary N) is 1. The lowest BCUT2D eigenvalue weighted by molar-refractivity contribution is -0.127. The van der Waals surface area contributed by atoms with Gasteiger partial charge in [-0.05, 0) is 38.5 Å². The number of nitrogens with one attached hydrogen (secondary N) is 1. The van der Waals surface area contributed by atoms with E-state index in [1.165, 1.54) is 0 Å². The van der Waals surface area contributed by atoms with Gasteiger partial charge in [-0.25, -0.2) is 0 Å². The van der Waals surface area contributed by atoms with Gasteiger partial charge < -0.3 is 16.3 Å². The molecular formula is C13H18ClN3O2. The van der Waals surface area contributed by atoms with Crippen LogP contribution < -0.4 is 11.1 Å². The number of amides is 1. The fourth-order valence-corrected chi connectivity index (χ4v) is 1.58. The lowest BCUT2D eigenvalue weighted by atomic mass is 9.90. The summed E-state index contributed by atoms with van der Waals surface area (Å²) in [5.41, 5.74) is 5.36. The Morgan fingerprint density at radius 1 is 1.42 bits per heavy atom. The van der Waals surface area contributed by atoms with Crippen molar-refractivity contribution in [2.45, 2.75) is 26.8 Å². The molecule has 1 rings (SSSR count). The van der Waals surface area contributed by atoms with Gasteiger partial charge in [0.15, 0.2) is 5.84 Å². The molecule has 1 unspecified atom stereocenters. The minimum Gasteiger partial charge on any atom is -0.409 e. The molecule has 1 aromatic rings. The molecule has 0 saturated heterocycles. The largest absolute Gasteiger partial charge is 0.409 e. The van der Waals surface area contributed by atoms with E-state index in [1.807, 2.05) is 19.1 Å². The molecule has 6 heteroatoms. The molecule has 0 bridgehead atoms. The first-order valence-electron chi connectivity index (χ1n) is 5.83. The van der Waals surface area contributed by atoms with Crippen LogP contribution in [-0.4, -0.2) is 17.0 Å². The number of oxime groups is 1. The van der Waals surface area contributed by atoms with Crippen LogP contribution in [-0.2, 0) is 4.79 Å². The van der Waals surface area contributed by atoms with Crippen LogP contribution in [0.1, 0.15) is 32.4 Å². The van der Waals surface area contributed by atoms with E-state index in [-0.39, 0.29) is 17.8 Å². The SMILES string of the molecule is CC(NC(=O)C(C)(C)C(N)=NO)c1ccc(Cl)cc1. The number of amidine groups is 1. The summed E-state index contributed by atoms with van der Waals surface area (Å²) in [5, 5.41) is 15.0. The molecule has 0 radical (unpaired) electrons. The van der Waals surface area contributed by atoms with Crippen molar-refractivity contribution in [3.05, 3.63) is 34.9 Å². The summed E-state index contributed by atoms with van der Waals surface area (Å²) >= 11 is 5.81. The predicted molar refractivity (Wildman–Crippen MR) is 75.2 cm³/mol. The highest BCUT2D eigenvalue weighted by Gasteiger charge is 2.33. The van der Waals surface area contributed by atoms with Crippen molar-refractivity contribution in [2.24, 2.45) is 16.3 Å². The Kier molecular flexibility index (Phi) is 4.78. The van der Waals surface area contributed by atoms with Crippen LogP contribution in [0, 0.1) is 5.41 Å². The smallest absolute Gasteiger partial charge is 0.233 e. The second kappa shape index (κ2) is 5.93. The first-order chi connectivity index (χ1) is 8.78. The van der Waals surface area contributed by atoms with E-state index in [0.717, 1.165) is 5.56 Å². The molecule has 1 aromatic carbocycles. The molecule has 5 nitrogen and oxygen atoms in total. The first-order valence-corrected chi connectivity index (χ1v) is 6.21. The maximum atomic E-state index is 12.1. The molecule has 0 spiro atoms. The van der Waals surface area contributed by atoms with Crippen LogP contribution >= 0.6 is 11.6 Å². The molecule has 1 atom stereocenters. The maximum Gasteiger partial charge on any atom is 0.233 e. The second-order valence-corrected chi connectivity index (χ2v) is 5.29. The second-order valence-electron chi connectivity index (χ2n) is 4.86. The van der Waals surface area contributed by atoms with Crippen molar-refractivity contribution >= 4 is 23.3 Å². The van der Waals surface area contributed by atoms with Gasteiger partial charge in [0.1, 0.15) is 5.41 Å². The molecule has 0 fully saturated rings. The Morgan fingerprint density at radius 3 is 2.42 bits per heavy atom. The van der Waals surface area contributed by atoms with Crippen molar-refractivity contribution in [3.8, 4) is 0 Å². The van der Waals surface area contributed by atoms with Gasteiger partial charge >= 0.3 is 0 Å². The van der Waals surface area contributed by atoms with Crippen LogP contribution in [0.5, 0.6) is 0 Å². The molecule has 0 aliphatic heterocycles. The van der Waals surface area contributed by atoms with E-state index < -0.39 is 5.41 Å². The number of hydrogen-bond donors (Lipinski definition) is 3. The van der Waals surface area contributed by atoms with Crippen LogP contribution in [0.4, 0.5) is 0 Å². The monoisotopic (exact) mass is 283 g/mol. The van der Waals surface area contributed by atoms with Crippen LogP contribution in [0.3, 0.4) is 0 Å². The standard InChI is InChI=1S/C13H18ClN3O2/c1-8(9-4-6-10(14)7-5-9)16-12(18)13(2,3)11(15)17-19/h4-8,19H,1-3H3,(H2,15,17)(H,16,18). The summed E-state index contributed by atoms with van der Waals surface area (Å²) in [6, 6.07) is 6.99. The summed E-state index contributed by atoms with van der Waals surface area (Å²) in [7, 11) is 0. The molecule has 0 heterocycles. The summed E-state index contributed by atoms with van der Waals surface area (Å²) in [5.74, 6) is -0.446. The molecule has 19 heavy (non-hydrogen) atoms. The maximum absolute atomic E-state index is 12.1. The molecule has 0 saturated carbocycles. The van der Waals surface area contributed by atoms with Gasteiger partial charge in [-0.15, -0.1) is 0 Å². The lowest BCUT2D eigenvalue weighted by Crippen LogP contribution is -2.46. The van der Waals surface area contributed by atoms with E-state index in [0.29, 0.717) is 5.02 Å². The number of hydrogen-bond acceptors (Lipinski definition) is 3. The van der Waals surface area contributed by atoms with E-state index in [2.05, 4.69) is 10.5 Å². The average molecular weight is 284 g/mol.